The highest BCUT2D eigenvalue weighted by Gasteiger charge is 2.14. The van der Waals surface area contributed by atoms with E-state index in [9.17, 15) is 5.11 Å². The summed E-state index contributed by atoms with van der Waals surface area (Å²) >= 11 is 0. The number of rotatable bonds is 10. The Morgan fingerprint density at radius 1 is 0.828 bits per heavy atom. The van der Waals surface area contributed by atoms with Crippen LogP contribution in [0.15, 0.2) is 48.8 Å². The van der Waals surface area contributed by atoms with Crippen molar-refractivity contribution in [3.8, 4) is 40.0 Å². The third-order valence-electron chi connectivity index (χ3n) is 4.43. The van der Waals surface area contributed by atoms with Gasteiger partial charge in [0.15, 0.2) is 11.6 Å². The first-order valence-electron chi connectivity index (χ1n) is 10.1. The number of aromatic nitrogens is 3. The molecule has 1 N–H and O–H groups in total. The van der Waals surface area contributed by atoms with Crippen LogP contribution in [0, 0.1) is 0 Å². The molecule has 0 saturated carbocycles. The van der Waals surface area contributed by atoms with E-state index in [0.29, 0.717) is 36.2 Å². The summed E-state index contributed by atoms with van der Waals surface area (Å²) in [6.07, 6.45) is 5.53. The van der Waals surface area contributed by atoms with Crippen molar-refractivity contribution in [3.05, 3.63) is 48.8 Å². The Morgan fingerprint density at radius 2 is 1.52 bits per heavy atom. The minimum Gasteiger partial charge on any atom is -0.507 e. The molecule has 152 valence electrons. The van der Waals surface area contributed by atoms with E-state index < -0.39 is 0 Å². The minimum absolute atomic E-state index is 0.0728. The van der Waals surface area contributed by atoms with Crippen molar-refractivity contribution in [1.29, 1.82) is 0 Å². The molecule has 0 aliphatic carbocycles. The third kappa shape index (κ3) is 5.44. The molecule has 0 aliphatic heterocycles. The maximum atomic E-state index is 10.5. The molecule has 0 spiro atoms. The summed E-state index contributed by atoms with van der Waals surface area (Å²) in [7, 11) is 0. The number of phenols is 1. The molecule has 6 nitrogen and oxygen atoms in total. The summed E-state index contributed by atoms with van der Waals surface area (Å²) in [4.78, 5) is 13.1. The average molecular weight is 393 g/mol. The lowest BCUT2D eigenvalue weighted by molar-refractivity contribution is 0.307. The number of nitrogens with zero attached hydrogens (tertiary/aromatic N) is 3. The fourth-order valence-electron chi connectivity index (χ4n) is 2.78. The highest BCUT2D eigenvalue weighted by atomic mass is 16.5. The van der Waals surface area contributed by atoms with Gasteiger partial charge in [-0.1, -0.05) is 38.8 Å². The van der Waals surface area contributed by atoms with Gasteiger partial charge in [0.1, 0.15) is 23.6 Å². The van der Waals surface area contributed by atoms with Crippen LogP contribution in [0.3, 0.4) is 0 Å². The van der Waals surface area contributed by atoms with Crippen molar-refractivity contribution in [2.24, 2.45) is 0 Å². The van der Waals surface area contributed by atoms with Crippen molar-refractivity contribution in [3.63, 3.8) is 0 Å². The van der Waals surface area contributed by atoms with Crippen LogP contribution in [-0.2, 0) is 0 Å². The van der Waals surface area contributed by atoms with Gasteiger partial charge in [-0.3, -0.25) is 0 Å². The van der Waals surface area contributed by atoms with Crippen LogP contribution < -0.4 is 9.47 Å². The van der Waals surface area contributed by atoms with Crippen LogP contribution >= 0.6 is 0 Å². The lowest BCUT2D eigenvalue weighted by Gasteiger charge is -2.11. The third-order valence-corrected chi connectivity index (χ3v) is 4.43. The molecule has 3 rings (SSSR count). The molecular weight excluding hydrogens is 366 g/mol. The van der Waals surface area contributed by atoms with Crippen LogP contribution in [0.1, 0.15) is 39.5 Å². The molecule has 1 aromatic heterocycles. The van der Waals surface area contributed by atoms with E-state index in [2.05, 4.69) is 28.8 Å². The van der Waals surface area contributed by atoms with Gasteiger partial charge >= 0.3 is 0 Å². The first-order chi connectivity index (χ1) is 14.2. The SMILES string of the molecule is CCCCOc1ccc(-c2ncnc(-c3ccccc3OCCCC)n2)c(O)c1. The molecule has 0 saturated heterocycles. The normalized spacial score (nSPS) is 10.7. The fourth-order valence-corrected chi connectivity index (χ4v) is 2.78. The summed E-state index contributed by atoms with van der Waals surface area (Å²) < 4.78 is 11.5. The molecule has 0 atom stereocenters. The predicted molar refractivity (Wildman–Crippen MR) is 113 cm³/mol. The maximum Gasteiger partial charge on any atom is 0.167 e. The summed E-state index contributed by atoms with van der Waals surface area (Å²) in [5.74, 6) is 2.34. The molecule has 0 bridgehead atoms. The standard InChI is InChI=1S/C23H27N3O3/c1-3-5-13-28-17-11-12-18(20(27)15-17)22-24-16-25-23(26-22)19-9-7-8-10-21(19)29-14-6-4-2/h7-12,15-16,27H,3-6,13-14H2,1-2H3. The number of para-hydroxylation sites is 1. The fraction of sp³-hybridized carbons (Fsp3) is 0.348. The van der Waals surface area contributed by atoms with E-state index in [4.69, 9.17) is 9.47 Å². The Hall–Kier alpha value is -3.15. The maximum absolute atomic E-state index is 10.5. The van der Waals surface area contributed by atoms with Crippen LogP contribution in [0.25, 0.3) is 22.8 Å². The van der Waals surface area contributed by atoms with Crippen LogP contribution in [-0.4, -0.2) is 33.3 Å². The summed E-state index contributed by atoms with van der Waals surface area (Å²) in [5, 5.41) is 10.5. The van der Waals surface area contributed by atoms with Crippen molar-refractivity contribution in [1.82, 2.24) is 15.0 Å². The number of phenolic OH excluding ortho intramolecular Hbond substituents is 1. The quantitative estimate of drug-likeness (QED) is 0.473. The second-order valence-corrected chi connectivity index (χ2v) is 6.71. The van der Waals surface area contributed by atoms with E-state index >= 15 is 0 Å². The zero-order valence-electron chi connectivity index (χ0n) is 17.0. The Morgan fingerprint density at radius 3 is 2.24 bits per heavy atom. The minimum atomic E-state index is 0.0728. The molecule has 0 aliphatic rings. The van der Waals surface area contributed by atoms with Gasteiger partial charge in [-0.15, -0.1) is 0 Å². The number of benzene rings is 2. The van der Waals surface area contributed by atoms with Gasteiger partial charge in [-0.05, 0) is 37.1 Å². The second-order valence-electron chi connectivity index (χ2n) is 6.71. The molecule has 0 amide bonds. The van der Waals surface area contributed by atoms with E-state index in [0.717, 1.165) is 37.0 Å². The Bertz CT molecular complexity index is 931. The second kappa shape index (κ2) is 10.4. The van der Waals surface area contributed by atoms with Gasteiger partial charge in [-0.25, -0.2) is 15.0 Å². The number of ether oxygens (including phenoxy) is 2. The van der Waals surface area contributed by atoms with Gasteiger partial charge in [0.2, 0.25) is 0 Å². The first-order valence-corrected chi connectivity index (χ1v) is 10.1. The van der Waals surface area contributed by atoms with Gasteiger partial charge in [-0.2, -0.15) is 0 Å². The Balaban J connectivity index is 1.85. The van der Waals surface area contributed by atoms with Crippen LogP contribution in [0.5, 0.6) is 17.2 Å². The number of aromatic hydroxyl groups is 1. The molecule has 1 heterocycles. The summed E-state index contributed by atoms with van der Waals surface area (Å²) in [6.45, 7) is 5.50. The molecule has 0 unspecified atom stereocenters. The Kier molecular flexibility index (Phi) is 7.39. The van der Waals surface area contributed by atoms with Crippen molar-refractivity contribution < 1.29 is 14.6 Å². The van der Waals surface area contributed by atoms with E-state index in [1.807, 2.05) is 30.3 Å². The molecule has 3 aromatic rings. The van der Waals surface area contributed by atoms with E-state index in [1.165, 1.54) is 6.33 Å². The highest BCUT2D eigenvalue weighted by Crippen LogP contribution is 2.32. The highest BCUT2D eigenvalue weighted by molar-refractivity contribution is 5.69. The van der Waals surface area contributed by atoms with Crippen LogP contribution in [0.4, 0.5) is 0 Å². The molecule has 0 fully saturated rings. The van der Waals surface area contributed by atoms with Crippen molar-refractivity contribution in [2.45, 2.75) is 39.5 Å². The lowest BCUT2D eigenvalue weighted by atomic mass is 10.1. The summed E-state index contributed by atoms with van der Waals surface area (Å²) in [5.41, 5.74) is 1.33. The number of hydrogen-bond acceptors (Lipinski definition) is 6. The van der Waals surface area contributed by atoms with Gasteiger partial charge in [0.05, 0.1) is 24.3 Å². The van der Waals surface area contributed by atoms with E-state index in [-0.39, 0.29) is 5.75 Å². The van der Waals surface area contributed by atoms with Crippen molar-refractivity contribution in [2.75, 3.05) is 13.2 Å². The molecular formula is C23H27N3O3. The van der Waals surface area contributed by atoms with Crippen molar-refractivity contribution >= 4 is 0 Å². The van der Waals surface area contributed by atoms with Crippen LogP contribution in [0.2, 0.25) is 0 Å². The summed E-state index contributed by atoms with van der Waals surface area (Å²) in [6, 6.07) is 12.9. The topological polar surface area (TPSA) is 77.4 Å². The zero-order valence-corrected chi connectivity index (χ0v) is 17.0. The first kappa shape index (κ1) is 20.6. The van der Waals surface area contributed by atoms with E-state index in [1.54, 1.807) is 12.1 Å². The molecule has 29 heavy (non-hydrogen) atoms. The lowest BCUT2D eigenvalue weighted by Crippen LogP contribution is -2.01. The predicted octanol–water partition coefficient (Wildman–Crippen LogP) is 5.27. The number of unbranched alkanes of at least 4 members (excludes halogenated alkanes) is 2. The smallest absolute Gasteiger partial charge is 0.167 e. The van der Waals surface area contributed by atoms with Gasteiger partial charge in [0.25, 0.3) is 0 Å². The molecule has 0 radical (unpaired) electrons. The average Bonchev–Trinajstić information content (AvgIpc) is 2.75. The zero-order chi connectivity index (χ0) is 20.5. The largest absolute Gasteiger partial charge is 0.507 e. The number of hydrogen-bond donors (Lipinski definition) is 1. The Labute approximate surface area is 171 Å². The molecule has 2 aromatic carbocycles. The van der Waals surface area contributed by atoms with Gasteiger partial charge in [0, 0.05) is 6.07 Å². The monoisotopic (exact) mass is 393 g/mol. The molecule has 6 heteroatoms. The van der Waals surface area contributed by atoms with Gasteiger partial charge < -0.3 is 14.6 Å².